The van der Waals surface area contributed by atoms with Crippen LogP contribution in [0.3, 0.4) is 0 Å². The normalized spacial score (nSPS) is 12.2. The van der Waals surface area contributed by atoms with Crippen molar-refractivity contribution in [3.63, 3.8) is 0 Å². The van der Waals surface area contributed by atoms with Crippen LogP contribution in [-0.2, 0) is 0 Å². The van der Waals surface area contributed by atoms with Crippen LogP contribution in [-0.4, -0.2) is 14.5 Å². The van der Waals surface area contributed by atoms with Crippen molar-refractivity contribution in [2.75, 3.05) is 0 Å². The summed E-state index contributed by atoms with van der Waals surface area (Å²) in [5, 5.41) is 8.55. The van der Waals surface area contributed by atoms with Gasteiger partial charge in [-0.15, -0.1) is 0 Å². The van der Waals surface area contributed by atoms with E-state index in [1.165, 1.54) is 54.6 Å². The van der Waals surface area contributed by atoms with Gasteiger partial charge in [-0.2, -0.15) is 0 Å². The summed E-state index contributed by atoms with van der Waals surface area (Å²) in [5.74, 6) is 0.686. The number of aromatic nitrogens is 3. The van der Waals surface area contributed by atoms with Gasteiger partial charge in [0, 0.05) is 27.1 Å². The summed E-state index contributed by atoms with van der Waals surface area (Å²) in [7, 11) is 0. The topological polar surface area (TPSA) is 30.7 Å². The van der Waals surface area contributed by atoms with Gasteiger partial charge in [-0.3, -0.25) is 4.57 Å². The third-order valence-electron chi connectivity index (χ3n) is 9.12. The van der Waals surface area contributed by atoms with E-state index in [0.717, 1.165) is 33.2 Å². The molecule has 0 N–H and O–H groups in total. The second kappa shape index (κ2) is 8.37. The molecule has 198 valence electrons. The number of hydrogen-bond acceptors (Lipinski definition) is 2. The SMILES string of the molecule is c1ccc(-c2nc(-n3c4ccccc4c4cc5c6c(cccc6c43)-c3ccc4ccccc4c3-5)nc3ccccc23)cc1. The molecule has 9 aromatic rings. The smallest absolute Gasteiger partial charge is 0.235 e. The van der Waals surface area contributed by atoms with Crippen LogP contribution in [0.1, 0.15) is 0 Å². The highest BCUT2D eigenvalue weighted by molar-refractivity contribution is 6.29. The molecule has 0 aliphatic heterocycles. The molecule has 1 aliphatic carbocycles. The Morgan fingerprint density at radius 2 is 1.21 bits per heavy atom. The van der Waals surface area contributed by atoms with Crippen LogP contribution in [0.25, 0.3) is 93.7 Å². The van der Waals surface area contributed by atoms with Gasteiger partial charge in [-0.1, -0.05) is 121 Å². The summed E-state index contributed by atoms with van der Waals surface area (Å²) in [6.45, 7) is 0. The summed E-state index contributed by atoms with van der Waals surface area (Å²) in [6.07, 6.45) is 0. The summed E-state index contributed by atoms with van der Waals surface area (Å²) >= 11 is 0. The van der Waals surface area contributed by atoms with E-state index in [2.05, 4.69) is 138 Å². The molecule has 2 aromatic heterocycles. The molecule has 0 atom stereocenters. The first-order valence-electron chi connectivity index (χ1n) is 14.7. The first-order chi connectivity index (χ1) is 21.3. The van der Waals surface area contributed by atoms with Gasteiger partial charge in [-0.05, 0) is 56.6 Å². The fourth-order valence-electron chi connectivity index (χ4n) is 7.33. The zero-order valence-corrected chi connectivity index (χ0v) is 23.1. The van der Waals surface area contributed by atoms with Crippen LogP contribution in [0.15, 0.2) is 140 Å². The predicted molar refractivity (Wildman–Crippen MR) is 179 cm³/mol. The maximum atomic E-state index is 5.31. The average molecular weight is 546 g/mol. The van der Waals surface area contributed by atoms with Gasteiger partial charge in [0.1, 0.15) is 0 Å². The van der Waals surface area contributed by atoms with E-state index >= 15 is 0 Å². The van der Waals surface area contributed by atoms with Gasteiger partial charge in [0.05, 0.1) is 22.2 Å². The molecule has 0 bridgehead atoms. The van der Waals surface area contributed by atoms with Crippen LogP contribution in [0.5, 0.6) is 0 Å². The van der Waals surface area contributed by atoms with Crippen LogP contribution in [0.2, 0.25) is 0 Å². The summed E-state index contributed by atoms with van der Waals surface area (Å²) in [4.78, 5) is 10.5. The van der Waals surface area contributed by atoms with Gasteiger partial charge in [-0.25, -0.2) is 9.97 Å². The van der Waals surface area contributed by atoms with E-state index in [0.29, 0.717) is 5.95 Å². The summed E-state index contributed by atoms with van der Waals surface area (Å²) in [6, 6.07) is 49.9. The number of para-hydroxylation sites is 2. The molecule has 10 rings (SSSR count). The van der Waals surface area contributed by atoms with E-state index in [4.69, 9.17) is 9.97 Å². The van der Waals surface area contributed by atoms with E-state index in [1.807, 2.05) is 6.07 Å². The number of hydrogen-bond donors (Lipinski definition) is 0. The number of benzene rings is 7. The predicted octanol–water partition coefficient (Wildman–Crippen LogP) is 10.3. The van der Waals surface area contributed by atoms with Gasteiger partial charge in [0.25, 0.3) is 0 Å². The van der Waals surface area contributed by atoms with Crippen LogP contribution in [0, 0.1) is 0 Å². The van der Waals surface area contributed by atoms with Crippen molar-refractivity contribution in [2.45, 2.75) is 0 Å². The summed E-state index contributed by atoms with van der Waals surface area (Å²) < 4.78 is 2.29. The first kappa shape index (κ1) is 22.8. The van der Waals surface area contributed by atoms with E-state index in [-0.39, 0.29) is 0 Å². The summed E-state index contributed by atoms with van der Waals surface area (Å²) in [5.41, 5.74) is 10.4. The molecule has 0 saturated heterocycles. The lowest BCUT2D eigenvalue weighted by Gasteiger charge is -2.13. The molecule has 0 fully saturated rings. The Hall–Kier alpha value is -5.80. The molecule has 1 aliphatic rings. The third-order valence-corrected chi connectivity index (χ3v) is 9.12. The lowest BCUT2D eigenvalue weighted by atomic mass is 9.95. The second-order valence-electron chi connectivity index (χ2n) is 11.4. The minimum Gasteiger partial charge on any atom is -0.277 e. The van der Waals surface area contributed by atoms with Crippen molar-refractivity contribution in [1.29, 1.82) is 0 Å². The highest BCUT2D eigenvalue weighted by Gasteiger charge is 2.27. The second-order valence-corrected chi connectivity index (χ2v) is 11.4. The van der Waals surface area contributed by atoms with Crippen molar-refractivity contribution in [3.8, 4) is 39.5 Å². The highest BCUT2D eigenvalue weighted by atomic mass is 15.2. The molecule has 0 radical (unpaired) electrons. The maximum Gasteiger partial charge on any atom is 0.235 e. The highest BCUT2D eigenvalue weighted by Crippen LogP contribution is 2.53. The quantitative estimate of drug-likeness (QED) is 0.216. The molecule has 0 unspecified atom stereocenters. The van der Waals surface area contributed by atoms with E-state index in [9.17, 15) is 0 Å². The Labute approximate surface area is 247 Å². The zero-order chi connectivity index (χ0) is 28.1. The van der Waals surface area contributed by atoms with Crippen molar-refractivity contribution in [2.24, 2.45) is 0 Å². The van der Waals surface area contributed by atoms with Crippen LogP contribution < -0.4 is 0 Å². The monoisotopic (exact) mass is 545 g/mol. The standard InChI is InChI=1S/C40H23N3/c1-2-12-25(13-3-1)38-30-16-6-8-19-34(30)41-40(42-38)43-35-20-9-7-15-27(35)32-23-33-36-26-14-5-4-11-24(26)21-22-29(36)28-17-10-18-31(37(28)33)39(32)43/h1-23H. The van der Waals surface area contributed by atoms with E-state index < -0.39 is 0 Å². The van der Waals surface area contributed by atoms with Gasteiger partial charge in [0.15, 0.2) is 0 Å². The number of nitrogens with zero attached hydrogens (tertiary/aromatic N) is 3. The maximum absolute atomic E-state index is 5.31. The molecule has 0 spiro atoms. The average Bonchev–Trinajstić information content (AvgIpc) is 3.59. The lowest BCUT2D eigenvalue weighted by molar-refractivity contribution is 1.02. The molecule has 0 saturated carbocycles. The Kier molecular flexibility index (Phi) is 4.45. The van der Waals surface area contributed by atoms with Gasteiger partial charge >= 0.3 is 0 Å². The fourth-order valence-corrected chi connectivity index (χ4v) is 7.33. The largest absolute Gasteiger partial charge is 0.277 e. The molecule has 7 aromatic carbocycles. The molecule has 0 amide bonds. The van der Waals surface area contributed by atoms with Gasteiger partial charge in [0.2, 0.25) is 5.95 Å². The molecular formula is C40H23N3. The minimum atomic E-state index is 0.686. The molecule has 3 nitrogen and oxygen atoms in total. The third kappa shape index (κ3) is 3.03. The van der Waals surface area contributed by atoms with Crippen molar-refractivity contribution < 1.29 is 0 Å². The van der Waals surface area contributed by atoms with Crippen molar-refractivity contribution >= 4 is 54.3 Å². The Morgan fingerprint density at radius 3 is 2.12 bits per heavy atom. The number of rotatable bonds is 2. The van der Waals surface area contributed by atoms with E-state index in [1.54, 1.807) is 0 Å². The van der Waals surface area contributed by atoms with Gasteiger partial charge < -0.3 is 0 Å². The Balaban J connectivity index is 1.38. The van der Waals surface area contributed by atoms with Crippen LogP contribution in [0.4, 0.5) is 0 Å². The zero-order valence-electron chi connectivity index (χ0n) is 23.1. The molecule has 3 heteroatoms. The molecule has 2 heterocycles. The van der Waals surface area contributed by atoms with Crippen LogP contribution >= 0.6 is 0 Å². The molecule has 43 heavy (non-hydrogen) atoms. The lowest BCUT2D eigenvalue weighted by Crippen LogP contribution is -2.03. The van der Waals surface area contributed by atoms with Crippen molar-refractivity contribution in [1.82, 2.24) is 14.5 Å². The Morgan fingerprint density at radius 1 is 0.465 bits per heavy atom. The van der Waals surface area contributed by atoms with Crippen molar-refractivity contribution in [3.05, 3.63) is 140 Å². The fraction of sp³-hybridized carbons (Fsp3) is 0. The number of fused-ring (bicyclic) bond motifs is 10. The Bertz CT molecular complexity index is 2610. The molecular weight excluding hydrogens is 522 g/mol. The first-order valence-corrected chi connectivity index (χ1v) is 14.7. The minimum absolute atomic E-state index is 0.686.